The summed E-state index contributed by atoms with van der Waals surface area (Å²) < 4.78 is 37.6. The van der Waals surface area contributed by atoms with Gasteiger partial charge in [0, 0.05) is 10.7 Å². The second kappa shape index (κ2) is 4.17. The monoisotopic (exact) mass is 309 g/mol. The largest absolute Gasteiger partial charge is 0.405 e. The first-order valence-corrected chi connectivity index (χ1v) is 5.41. The molecule has 0 aliphatic carbocycles. The van der Waals surface area contributed by atoms with Crippen molar-refractivity contribution in [3.05, 3.63) is 16.7 Å². The number of aromatic nitrogens is 1. The third-order valence-corrected chi connectivity index (χ3v) is 2.55. The summed E-state index contributed by atoms with van der Waals surface area (Å²) in [5, 5.41) is 2.48. The van der Waals surface area contributed by atoms with E-state index in [-0.39, 0.29) is 18.1 Å². The van der Waals surface area contributed by atoms with Crippen LogP contribution in [0.3, 0.4) is 0 Å². The van der Waals surface area contributed by atoms with Crippen LogP contribution in [0, 0.1) is 0 Å². The molecule has 17 heavy (non-hydrogen) atoms. The number of amides is 1. The smallest absolute Gasteiger partial charge is 0.336 e. The van der Waals surface area contributed by atoms with Crippen LogP contribution in [0.1, 0.15) is 0 Å². The zero-order chi connectivity index (χ0) is 12.6. The second-order valence-electron chi connectivity index (χ2n) is 3.54. The molecule has 2 heterocycles. The normalized spacial score (nSPS) is 15.5. The summed E-state index contributed by atoms with van der Waals surface area (Å²) in [6, 6.07) is 1.52. The lowest BCUT2D eigenvalue weighted by atomic mass is 10.2. The topological polar surface area (TPSA) is 45.2 Å². The van der Waals surface area contributed by atoms with Gasteiger partial charge in [0.2, 0.25) is 5.91 Å². The van der Waals surface area contributed by atoms with E-state index in [1.807, 2.05) is 0 Å². The highest BCUT2D eigenvalue weighted by Crippen LogP contribution is 2.31. The molecule has 1 aliphatic heterocycles. The molecule has 1 amide bonds. The van der Waals surface area contributed by atoms with E-state index in [2.05, 4.69) is 26.2 Å². The Labute approximate surface area is 103 Å². The van der Waals surface area contributed by atoms with Gasteiger partial charge in [0.1, 0.15) is 6.54 Å². The number of fused-ring (bicyclic) bond motifs is 1. The Hall–Kier alpha value is -1.31. The van der Waals surface area contributed by atoms with Gasteiger partial charge in [0.05, 0.1) is 12.2 Å². The van der Waals surface area contributed by atoms with Crippen molar-refractivity contribution in [1.29, 1.82) is 0 Å². The van der Waals surface area contributed by atoms with Crippen LogP contribution >= 0.6 is 15.9 Å². The Balaban J connectivity index is 2.34. The molecule has 1 N–H and O–H groups in total. The van der Waals surface area contributed by atoms with Gasteiger partial charge < -0.3 is 10.2 Å². The van der Waals surface area contributed by atoms with Gasteiger partial charge in [0.15, 0.2) is 5.82 Å². The zero-order valence-electron chi connectivity index (χ0n) is 8.38. The van der Waals surface area contributed by atoms with E-state index in [4.69, 9.17) is 0 Å². The van der Waals surface area contributed by atoms with Crippen molar-refractivity contribution >= 4 is 33.3 Å². The molecule has 1 aromatic heterocycles. The first kappa shape index (κ1) is 12.2. The van der Waals surface area contributed by atoms with E-state index in [1.54, 1.807) is 0 Å². The summed E-state index contributed by atoms with van der Waals surface area (Å²) in [6.45, 7) is -1.54. The Morgan fingerprint density at radius 1 is 1.53 bits per heavy atom. The minimum absolute atomic E-state index is 0.130. The summed E-state index contributed by atoms with van der Waals surface area (Å²) in [4.78, 5) is 16.1. The maximum atomic E-state index is 12.3. The number of carbonyl (C=O) groups excluding carboxylic acids is 1. The number of alkyl halides is 3. The third kappa shape index (κ3) is 2.87. The Morgan fingerprint density at radius 3 is 2.88 bits per heavy atom. The summed E-state index contributed by atoms with van der Waals surface area (Å²) in [5.41, 5.74) is 0.278. The lowest BCUT2D eigenvalue weighted by Crippen LogP contribution is -2.43. The molecule has 1 aliphatic rings. The average molecular weight is 310 g/mol. The van der Waals surface area contributed by atoms with E-state index < -0.39 is 18.6 Å². The molecule has 92 valence electrons. The SMILES string of the molecule is O=C1CN(CC(F)(F)F)c2ncc(Br)cc2N1. The minimum atomic E-state index is -4.37. The predicted molar refractivity (Wildman–Crippen MR) is 58.8 cm³/mol. The van der Waals surface area contributed by atoms with Crippen LogP contribution in [0.4, 0.5) is 24.7 Å². The van der Waals surface area contributed by atoms with Crippen molar-refractivity contribution in [3.63, 3.8) is 0 Å². The van der Waals surface area contributed by atoms with Crippen molar-refractivity contribution < 1.29 is 18.0 Å². The number of rotatable bonds is 1. The fraction of sp³-hybridized carbons (Fsp3) is 0.333. The molecule has 0 fully saturated rings. The Bertz CT molecular complexity index is 463. The maximum absolute atomic E-state index is 12.3. The van der Waals surface area contributed by atoms with Crippen LogP contribution in [0.25, 0.3) is 0 Å². The van der Waals surface area contributed by atoms with Gasteiger partial charge in [-0.15, -0.1) is 0 Å². The number of carbonyl (C=O) groups is 1. The second-order valence-corrected chi connectivity index (χ2v) is 4.46. The van der Waals surface area contributed by atoms with E-state index >= 15 is 0 Å². The van der Waals surface area contributed by atoms with Crippen LogP contribution in [0.2, 0.25) is 0 Å². The number of halogens is 4. The van der Waals surface area contributed by atoms with Crippen LogP contribution in [0.15, 0.2) is 16.7 Å². The molecule has 0 atom stereocenters. The van der Waals surface area contributed by atoms with Crippen molar-refractivity contribution in [2.45, 2.75) is 6.18 Å². The third-order valence-electron chi connectivity index (χ3n) is 2.11. The van der Waals surface area contributed by atoms with Gasteiger partial charge in [-0.2, -0.15) is 13.2 Å². The first-order valence-electron chi connectivity index (χ1n) is 4.62. The summed E-state index contributed by atoms with van der Waals surface area (Å²) in [5.74, 6) is -0.355. The fourth-order valence-electron chi connectivity index (χ4n) is 1.56. The van der Waals surface area contributed by atoms with E-state index in [0.29, 0.717) is 4.47 Å². The lowest BCUT2D eigenvalue weighted by Gasteiger charge is -2.30. The summed E-state index contributed by atoms with van der Waals surface area (Å²) in [7, 11) is 0. The van der Waals surface area contributed by atoms with Gasteiger partial charge in [-0.1, -0.05) is 0 Å². The van der Waals surface area contributed by atoms with Gasteiger partial charge in [-0.05, 0) is 22.0 Å². The highest BCUT2D eigenvalue weighted by molar-refractivity contribution is 9.10. The van der Waals surface area contributed by atoms with Gasteiger partial charge in [0.25, 0.3) is 0 Å². The van der Waals surface area contributed by atoms with E-state index in [9.17, 15) is 18.0 Å². The van der Waals surface area contributed by atoms with Crippen LogP contribution in [-0.2, 0) is 4.79 Å². The van der Waals surface area contributed by atoms with Crippen molar-refractivity contribution in [2.24, 2.45) is 0 Å². The predicted octanol–water partition coefficient (Wildman–Crippen LogP) is 2.16. The number of nitrogens with zero attached hydrogens (tertiary/aromatic N) is 2. The average Bonchev–Trinajstić information content (AvgIpc) is 2.13. The number of pyridine rings is 1. The van der Waals surface area contributed by atoms with Gasteiger partial charge >= 0.3 is 6.18 Å². The quantitative estimate of drug-likeness (QED) is 0.864. The van der Waals surface area contributed by atoms with E-state index in [1.165, 1.54) is 12.3 Å². The fourth-order valence-corrected chi connectivity index (χ4v) is 1.89. The Morgan fingerprint density at radius 2 is 2.24 bits per heavy atom. The highest BCUT2D eigenvalue weighted by atomic mass is 79.9. The molecular formula is C9H7BrF3N3O. The first-order chi connectivity index (χ1) is 7.85. The molecule has 0 aromatic carbocycles. The van der Waals surface area contributed by atoms with Gasteiger partial charge in [-0.25, -0.2) is 4.98 Å². The standard InChI is InChI=1S/C9H7BrF3N3O/c10-5-1-6-8(14-2-5)16(3-7(17)15-6)4-9(11,12)13/h1-2H,3-4H2,(H,15,17). The zero-order valence-corrected chi connectivity index (χ0v) is 9.97. The maximum Gasteiger partial charge on any atom is 0.405 e. The molecular weight excluding hydrogens is 303 g/mol. The molecule has 0 spiro atoms. The molecule has 0 saturated heterocycles. The number of hydrogen-bond donors (Lipinski definition) is 1. The van der Waals surface area contributed by atoms with Crippen molar-refractivity contribution in [2.75, 3.05) is 23.3 Å². The lowest BCUT2D eigenvalue weighted by molar-refractivity contribution is -0.122. The highest BCUT2D eigenvalue weighted by Gasteiger charge is 2.35. The number of hydrogen-bond acceptors (Lipinski definition) is 3. The van der Waals surface area contributed by atoms with Crippen LogP contribution in [-0.4, -0.2) is 30.2 Å². The molecule has 0 saturated carbocycles. The molecule has 0 unspecified atom stereocenters. The summed E-state index contributed by atoms with van der Waals surface area (Å²) in [6.07, 6.45) is -2.98. The van der Waals surface area contributed by atoms with E-state index in [0.717, 1.165) is 4.90 Å². The summed E-state index contributed by atoms with van der Waals surface area (Å²) >= 11 is 3.14. The minimum Gasteiger partial charge on any atom is -0.336 e. The molecule has 0 bridgehead atoms. The van der Waals surface area contributed by atoms with Crippen LogP contribution in [0.5, 0.6) is 0 Å². The molecule has 8 heteroatoms. The van der Waals surface area contributed by atoms with Crippen molar-refractivity contribution in [1.82, 2.24) is 4.98 Å². The molecule has 1 aromatic rings. The number of nitrogens with one attached hydrogen (secondary N) is 1. The molecule has 2 rings (SSSR count). The molecule has 4 nitrogen and oxygen atoms in total. The molecule has 0 radical (unpaired) electrons. The Kier molecular flexibility index (Phi) is 2.98. The number of anilines is 2. The van der Waals surface area contributed by atoms with Crippen molar-refractivity contribution in [3.8, 4) is 0 Å². The van der Waals surface area contributed by atoms with Crippen LogP contribution < -0.4 is 10.2 Å². The van der Waals surface area contributed by atoms with Gasteiger partial charge in [-0.3, -0.25) is 4.79 Å².